The predicted molar refractivity (Wildman–Crippen MR) is 80.5 cm³/mol. The van der Waals surface area contributed by atoms with Crippen LogP contribution in [0.5, 0.6) is 0 Å². The molecule has 2 aromatic carbocycles. The van der Waals surface area contributed by atoms with Gasteiger partial charge in [-0.3, -0.25) is 0 Å². The Morgan fingerprint density at radius 1 is 1.10 bits per heavy atom. The van der Waals surface area contributed by atoms with Crippen LogP contribution >= 0.6 is 11.6 Å². The lowest BCUT2D eigenvalue weighted by Gasteiger charge is -2.26. The monoisotopic (exact) mass is 289 g/mol. The van der Waals surface area contributed by atoms with E-state index in [-0.39, 0.29) is 5.82 Å². The fourth-order valence-electron chi connectivity index (χ4n) is 2.65. The maximum Gasteiger partial charge on any atom is 0.128 e. The van der Waals surface area contributed by atoms with Crippen molar-refractivity contribution in [3.05, 3.63) is 70.0 Å². The van der Waals surface area contributed by atoms with E-state index < -0.39 is 6.04 Å². The van der Waals surface area contributed by atoms with Gasteiger partial charge >= 0.3 is 0 Å². The molecule has 1 fully saturated rings. The number of halogens is 2. The molecule has 1 unspecified atom stereocenters. The normalized spacial score (nSPS) is 16.8. The first kappa shape index (κ1) is 13.6. The molecule has 20 heavy (non-hydrogen) atoms. The molecule has 0 amide bonds. The number of rotatable bonds is 3. The van der Waals surface area contributed by atoms with Crippen molar-refractivity contribution >= 4 is 11.6 Å². The van der Waals surface area contributed by atoms with Gasteiger partial charge in [0.25, 0.3) is 0 Å². The summed E-state index contributed by atoms with van der Waals surface area (Å²) in [6.45, 7) is 0. The van der Waals surface area contributed by atoms with E-state index in [9.17, 15) is 4.39 Å². The van der Waals surface area contributed by atoms with Crippen molar-refractivity contribution in [3.63, 3.8) is 0 Å². The molecule has 0 radical (unpaired) electrons. The van der Waals surface area contributed by atoms with Crippen molar-refractivity contribution in [2.45, 2.75) is 31.2 Å². The largest absolute Gasteiger partial charge is 0.320 e. The lowest BCUT2D eigenvalue weighted by Crippen LogP contribution is -2.14. The lowest BCUT2D eigenvalue weighted by molar-refractivity contribution is 0.419. The van der Waals surface area contributed by atoms with Gasteiger partial charge in [-0.25, -0.2) is 4.39 Å². The highest BCUT2D eigenvalue weighted by atomic mass is 35.5. The number of nitrogens with two attached hydrogens (primary N) is 1. The van der Waals surface area contributed by atoms with E-state index in [1.807, 2.05) is 12.1 Å². The summed E-state index contributed by atoms with van der Waals surface area (Å²) in [4.78, 5) is 0. The first-order valence-electron chi connectivity index (χ1n) is 6.95. The average Bonchev–Trinajstić information content (AvgIpc) is 2.40. The molecule has 0 heterocycles. The molecule has 1 aliphatic carbocycles. The highest BCUT2D eigenvalue weighted by Gasteiger charge is 2.20. The van der Waals surface area contributed by atoms with Gasteiger partial charge in [-0.05, 0) is 48.1 Å². The third-order valence-electron chi connectivity index (χ3n) is 4.17. The first-order chi connectivity index (χ1) is 9.65. The second-order valence-corrected chi connectivity index (χ2v) is 5.87. The smallest absolute Gasteiger partial charge is 0.128 e. The molecule has 1 saturated carbocycles. The Bertz CT molecular complexity index is 605. The minimum atomic E-state index is -0.482. The lowest BCUT2D eigenvalue weighted by atomic mass is 9.79. The predicted octanol–water partition coefficient (Wildman–Crippen LogP) is 4.79. The first-order valence-corrected chi connectivity index (χ1v) is 7.33. The molecule has 104 valence electrons. The summed E-state index contributed by atoms with van der Waals surface area (Å²) in [7, 11) is 0. The van der Waals surface area contributed by atoms with Crippen LogP contribution in [0.2, 0.25) is 5.02 Å². The van der Waals surface area contributed by atoms with Crippen LogP contribution < -0.4 is 5.73 Å². The third-order valence-corrected chi connectivity index (χ3v) is 4.40. The second kappa shape index (κ2) is 5.55. The molecule has 1 nitrogen and oxygen atoms in total. The maximum absolute atomic E-state index is 13.8. The van der Waals surface area contributed by atoms with E-state index in [1.165, 1.54) is 37.0 Å². The molecule has 0 saturated heterocycles. The van der Waals surface area contributed by atoms with Gasteiger partial charge in [0.1, 0.15) is 5.82 Å². The van der Waals surface area contributed by atoms with E-state index in [0.717, 1.165) is 5.56 Å². The molecular weight excluding hydrogens is 273 g/mol. The topological polar surface area (TPSA) is 26.0 Å². The average molecular weight is 290 g/mol. The molecule has 2 aromatic rings. The summed E-state index contributed by atoms with van der Waals surface area (Å²) in [6.07, 6.45) is 3.86. The minimum Gasteiger partial charge on any atom is -0.320 e. The highest BCUT2D eigenvalue weighted by Crippen LogP contribution is 2.36. The summed E-state index contributed by atoms with van der Waals surface area (Å²) in [6, 6.07) is 12.2. The zero-order valence-corrected chi connectivity index (χ0v) is 11.9. The van der Waals surface area contributed by atoms with Crippen molar-refractivity contribution in [3.8, 4) is 0 Å². The summed E-state index contributed by atoms with van der Waals surface area (Å²) in [5.74, 6) is 0.383. The Morgan fingerprint density at radius 2 is 1.80 bits per heavy atom. The van der Waals surface area contributed by atoms with E-state index in [1.54, 1.807) is 6.07 Å². The zero-order chi connectivity index (χ0) is 14.1. The van der Waals surface area contributed by atoms with Gasteiger partial charge in [-0.15, -0.1) is 0 Å². The molecule has 2 N–H and O–H groups in total. The van der Waals surface area contributed by atoms with Crippen LogP contribution in [-0.4, -0.2) is 0 Å². The molecule has 1 atom stereocenters. The quantitative estimate of drug-likeness (QED) is 0.863. The Kier molecular flexibility index (Phi) is 3.77. The summed E-state index contributed by atoms with van der Waals surface area (Å²) in [5.41, 5.74) is 8.87. The van der Waals surface area contributed by atoms with Crippen LogP contribution in [-0.2, 0) is 0 Å². The van der Waals surface area contributed by atoms with E-state index >= 15 is 0 Å². The maximum atomic E-state index is 13.8. The van der Waals surface area contributed by atoms with Crippen LogP contribution in [0.4, 0.5) is 4.39 Å². The van der Waals surface area contributed by atoms with E-state index in [0.29, 0.717) is 16.5 Å². The summed E-state index contributed by atoms with van der Waals surface area (Å²) >= 11 is 5.92. The van der Waals surface area contributed by atoms with Gasteiger partial charge < -0.3 is 5.73 Å². The van der Waals surface area contributed by atoms with Crippen molar-refractivity contribution in [1.29, 1.82) is 0 Å². The number of hydrogen-bond acceptors (Lipinski definition) is 1. The zero-order valence-electron chi connectivity index (χ0n) is 11.2. The third kappa shape index (κ3) is 2.58. The van der Waals surface area contributed by atoms with Crippen LogP contribution in [0.1, 0.15) is 47.9 Å². The van der Waals surface area contributed by atoms with E-state index in [4.69, 9.17) is 17.3 Å². The molecule has 0 bridgehead atoms. The highest BCUT2D eigenvalue weighted by molar-refractivity contribution is 6.30. The van der Waals surface area contributed by atoms with E-state index in [2.05, 4.69) is 12.1 Å². The van der Waals surface area contributed by atoms with Crippen LogP contribution in [0.15, 0.2) is 42.5 Å². The molecule has 0 aromatic heterocycles. The fourth-order valence-corrected chi connectivity index (χ4v) is 2.83. The van der Waals surface area contributed by atoms with Crippen LogP contribution in [0.3, 0.4) is 0 Å². The van der Waals surface area contributed by atoms with Gasteiger partial charge in [0.05, 0.1) is 6.04 Å². The molecule has 3 rings (SSSR count). The molecule has 0 aliphatic heterocycles. The summed E-state index contributed by atoms with van der Waals surface area (Å²) in [5, 5.41) is 0.503. The van der Waals surface area contributed by atoms with Crippen molar-refractivity contribution < 1.29 is 4.39 Å². The Hall–Kier alpha value is -1.38. The number of benzene rings is 2. The SMILES string of the molecule is NC(c1ccc(C2CCC2)cc1)c1cc(Cl)ccc1F. The molecule has 1 aliphatic rings. The Morgan fingerprint density at radius 3 is 2.40 bits per heavy atom. The van der Waals surface area contributed by atoms with Crippen molar-refractivity contribution in [2.75, 3.05) is 0 Å². The van der Waals surface area contributed by atoms with Crippen molar-refractivity contribution in [2.24, 2.45) is 5.73 Å². The van der Waals surface area contributed by atoms with Crippen molar-refractivity contribution in [1.82, 2.24) is 0 Å². The summed E-state index contributed by atoms with van der Waals surface area (Å²) < 4.78 is 13.8. The Balaban J connectivity index is 1.85. The van der Waals surface area contributed by atoms with Gasteiger partial charge in [0.2, 0.25) is 0 Å². The van der Waals surface area contributed by atoms with Gasteiger partial charge in [0, 0.05) is 10.6 Å². The van der Waals surface area contributed by atoms with Crippen LogP contribution in [0, 0.1) is 5.82 Å². The second-order valence-electron chi connectivity index (χ2n) is 5.44. The van der Waals surface area contributed by atoms with Gasteiger partial charge in [-0.1, -0.05) is 42.3 Å². The van der Waals surface area contributed by atoms with Gasteiger partial charge in [0.15, 0.2) is 0 Å². The molecular formula is C17H17ClFN. The molecule has 0 spiro atoms. The van der Waals surface area contributed by atoms with Crippen LogP contribution in [0.25, 0.3) is 0 Å². The number of hydrogen-bond donors (Lipinski definition) is 1. The minimum absolute atomic E-state index is 0.315. The molecule has 3 heteroatoms. The Labute approximate surface area is 123 Å². The fraction of sp³-hybridized carbons (Fsp3) is 0.294. The van der Waals surface area contributed by atoms with Gasteiger partial charge in [-0.2, -0.15) is 0 Å². The standard InChI is InChI=1S/C17H17ClFN/c18-14-8-9-16(19)15(10-14)17(20)13-6-4-12(5-7-13)11-2-1-3-11/h4-11,17H,1-3,20H2.